The van der Waals surface area contributed by atoms with Crippen LogP contribution in [0, 0.1) is 0 Å². The van der Waals surface area contributed by atoms with Gasteiger partial charge < -0.3 is 19.2 Å². The highest BCUT2D eigenvalue weighted by Gasteiger charge is 2.15. The lowest BCUT2D eigenvalue weighted by molar-refractivity contribution is 0.0817. The van der Waals surface area contributed by atoms with Gasteiger partial charge in [-0.15, -0.1) is 0 Å². The van der Waals surface area contributed by atoms with Crippen LogP contribution < -0.4 is 10.2 Å². The molecule has 0 unspecified atom stereocenters. The van der Waals surface area contributed by atoms with Gasteiger partial charge in [0.25, 0.3) is 0 Å². The zero-order chi connectivity index (χ0) is 21.5. The van der Waals surface area contributed by atoms with Gasteiger partial charge in [0.15, 0.2) is 5.43 Å². The van der Waals surface area contributed by atoms with E-state index in [0.717, 1.165) is 56.6 Å². The van der Waals surface area contributed by atoms with Crippen LogP contribution in [0.1, 0.15) is 38.5 Å². The number of fused-ring (bicyclic) bond motifs is 1. The van der Waals surface area contributed by atoms with Crippen molar-refractivity contribution in [2.24, 2.45) is 0 Å². The third-order valence-electron chi connectivity index (χ3n) is 5.95. The molecule has 0 radical (unpaired) electrons. The van der Waals surface area contributed by atoms with Gasteiger partial charge in [-0.3, -0.25) is 4.79 Å². The average molecular weight is 422 g/mol. The fourth-order valence-electron chi connectivity index (χ4n) is 4.09. The number of hydrogen-bond donors (Lipinski definition) is 1. The molecule has 31 heavy (non-hydrogen) atoms. The first-order valence-electron chi connectivity index (χ1n) is 11.4. The summed E-state index contributed by atoms with van der Waals surface area (Å²) < 4.78 is 11.9. The molecule has 0 spiro atoms. The number of aliphatic hydroxyl groups is 1. The number of piperidine rings is 1. The van der Waals surface area contributed by atoms with E-state index >= 15 is 0 Å². The lowest BCUT2D eigenvalue weighted by atomic mass is 10.1. The van der Waals surface area contributed by atoms with Gasteiger partial charge in [0.1, 0.15) is 17.1 Å². The van der Waals surface area contributed by atoms with Crippen molar-refractivity contribution < 1.29 is 14.3 Å². The number of ether oxygens (including phenoxy) is 1. The highest BCUT2D eigenvalue weighted by atomic mass is 16.5. The molecular weight excluding hydrogens is 390 g/mol. The Morgan fingerprint density at radius 1 is 0.968 bits per heavy atom. The Bertz CT molecular complexity index is 1020. The molecule has 2 heterocycles. The molecule has 1 saturated heterocycles. The van der Waals surface area contributed by atoms with Gasteiger partial charge in [-0.2, -0.15) is 0 Å². The molecule has 0 amide bonds. The summed E-state index contributed by atoms with van der Waals surface area (Å²) in [6, 6.07) is 16.6. The second-order valence-corrected chi connectivity index (χ2v) is 8.33. The molecule has 0 atom stereocenters. The molecule has 0 bridgehead atoms. The number of hydrogen-bond acceptors (Lipinski definition) is 5. The van der Waals surface area contributed by atoms with Crippen molar-refractivity contribution in [1.29, 1.82) is 0 Å². The molecular formula is C26H31NO4. The molecule has 5 heteroatoms. The Balaban J connectivity index is 1.25. The maximum atomic E-state index is 12.5. The molecule has 1 N–H and O–H groups in total. The summed E-state index contributed by atoms with van der Waals surface area (Å²) in [7, 11) is 0. The summed E-state index contributed by atoms with van der Waals surface area (Å²) in [6.07, 6.45) is 6.25. The van der Waals surface area contributed by atoms with Crippen LogP contribution in [-0.4, -0.2) is 42.4 Å². The summed E-state index contributed by atoms with van der Waals surface area (Å²) in [5.74, 6) is 1.30. The van der Waals surface area contributed by atoms with E-state index in [2.05, 4.69) is 4.90 Å². The number of likely N-dealkylation sites (tertiary alicyclic amines) is 1. The normalized spacial score (nSPS) is 15.4. The van der Waals surface area contributed by atoms with Crippen LogP contribution >= 0.6 is 0 Å². The maximum Gasteiger partial charge on any atom is 0.193 e. The van der Waals surface area contributed by atoms with Gasteiger partial charge >= 0.3 is 0 Å². The van der Waals surface area contributed by atoms with Crippen molar-refractivity contribution in [1.82, 2.24) is 4.90 Å². The van der Waals surface area contributed by atoms with Gasteiger partial charge in [0.2, 0.25) is 0 Å². The second kappa shape index (κ2) is 10.6. The van der Waals surface area contributed by atoms with Crippen molar-refractivity contribution in [3.8, 4) is 17.1 Å². The van der Waals surface area contributed by atoms with E-state index in [0.29, 0.717) is 23.3 Å². The van der Waals surface area contributed by atoms with Crippen LogP contribution in [0.4, 0.5) is 0 Å². The maximum absolute atomic E-state index is 12.5. The monoisotopic (exact) mass is 421 g/mol. The molecule has 1 fully saturated rings. The van der Waals surface area contributed by atoms with Gasteiger partial charge in [0, 0.05) is 30.8 Å². The molecule has 0 aliphatic carbocycles. The molecule has 1 aliphatic rings. The van der Waals surface area contributed by atoms with Crippen LogP contribution in [0.5, 0.6) is 5.75 Å². The molecule has 1 aliphatic heterocycles. The third-order valence-corrected chi connectivity index (χ3v) is 5.95. The first kappa shape index (κ1) is 21.6. The summed E-state index contributed by atoms with van der Waals surface area (Å²) in [5, 5.41) is 10.1. The summed E-state index contributed by atoms with van der Waals surface area (Å²) in [4.78, 5) is 14.9. The van der Waals surface area contributed by atoms with E-state index in [4.69, 9.17) is 9.15 Å². The minimum absolute atomic E-state index is 0.0464. The van der Waals surface area contributed by atoms with Crippen LogP contribution in [0.3, 0.4) is 0 Å². The second-order valence-electron chi connectivity index (χ2n) is 8.33. The predicted molar refractivity (Wildman–Crippen MR) is 124 cm³/mol. The van der Waals surface area contributed by atoms with E-state index in [1.165, 1.54) is 12.8 Å². The fraction of sp³-hybridized carbons (Fsp3) is 0.423. The van der Waals surface area contributed by atoms with E-state index in [1.807, 2.05) is 42.5 Å². The Morgan fingerprint density at radius 2 is 1.74 bits per heavy atom. The van der Waals surface area contributed by atoms with Crippen LogP contribution in [-0.2, 0) is 0 Å². The van der Waals surface area contributed by atoms with Crippen molar-refractivity contribution in [3.05, 3.63) is 64.8 Å². The summed E-state index contributed by atoms with van der Waals surface area (Å²) in [5.41, 5.74) is 1.39. The number of benzene rings is 2. The zero-order valence-corrected chi connectivity index (χ0v) is 18.0. The number of aliphatic hydroxyl groups excluding tert-OH is 1. The Labute approximate surface area is 183 Å². The standard InChI is InChI=1S/C26H31NO4/c28-21-12-15-27(16-13-21)14-6-1-2-7-17-30-22-10-11-23-24(29)19-25(31-26(23)18-22)20-8-4-3-5-9-20/h3-5,8-11,18-19,21,28H,1-2,6-7,12-17H2. The van der Waals surface area contributed by atoms with E-state index in [1.54, 1.807) is 12.1 Å². The molecule has 1 aromatic heterocycles. The quantitative estimate of drug-likeness (QED) is 0.500. The topological polar surface area (TPSA) is 62.9 Å². The van der Waals surface area contributed by atoms with E-state index in [-0.39, 0.29) is 11.5 Å². The SMILES string of the molecule is O=c1cc(-c2ccccc2)oc2cc(OCCCCCCN3CCC(O)CC3)ccc12. The summed E-state index contributed by atoms with van der Waals surface area (Å²) >= 11 is 0. The van der Waals surface area contributed by atoms with Gasteiger partial charge in [-0.25, -0.2) is 0 Å². The minimum Gasteiger partial charge on any atom is -0.493 e. The van der Waals surface area contributed by atoms with E-state index < -0.39 is 0 Å². The van der Waals surface area contributed by atoms with Crippen molar-refractivity contribution in [2.75, 3.05) is 26.2 Å². The lowest BCUT2D eigenvalue weighted by Gasteiger charge is -2.29. The van der Waals surface area contributed by atoms with Crippen LogP contribution in [0.25, 0.3) is 22.3 Å². The van der Waals surface area contributed by atoms with Gasteiger partial charge in [0.05, 0.1) is 18.1 Å². The average Bonchev–Trinajstić information content (AvgIpc) is 2.80. The van der Waals surface area contributed by atoms with Crippen LogP contribution in [0.15, 0.2) is 63.8 Å². The fourth-order valence-corrected chi connectivity index (χ4v) is 4.09. The molecule has 5 nitrogen and oxygen atoms in total. The Morgan fingerprint density at radius 3 is 2.55 bits per heavy atom. The highest BCUT2D eigenvalue weighted by molar-refractivity contribution is 5.80. The largest absolute Gasteiger partial charge is 0.493 e. The van der Waals surface area contributed by atoms with E-state index in [9.17, 15) is 9.90 Å². The first-order valence-corrected chi connectivity index (χ1v) is 11.4. The Kier molecular flexibility index (Phi) is 7.39. The molecule has 164 valence electrons. The highest BCUT2D eigenvalue weighted by Crippen LogP contribution is 2.25. The van der Waals surface area contributed by atoms with Crippen LogP contribution in [0.2, 0.25) is 0 Å². The smallest absolute Gasteiger partial charge is 0.193 e. The predicted octanol–water partition coefficient (Wildman–Crippen LogP) is 4.86. The summed E-state index contributed by atoms with van der Waals surface area (Å²) in [6.45, 7) is 3.83. The lowest BCUT2D eigenvalue weighted by Crippen LogP contribution is -2.36. The Hall–Kier alpha value is -2.63. The molecule has 0 saturated carbocycles. The number of rotatable bonds is 9. The van der Waals surface area contributed by atoms with Crippen molar-refractivity contribution in [3.63, 3.8) is 0 Å². The number of nitrogens with zero attached hydrogens (tertiary/aromatic N) is 1. The molecule has 4 rings (SSSR count). The molecule has 3 aromatic rings. The molecule has 2 aromatic carbocycles. The van der Waals surface area contributed by atoms with Crippen molar-refractivity contribution in [2.45, 2.75) is 44.6 Å². The zero-order valence-electron chi connectivity index (χ0n) is 18.0. The minimum atomic E-state index is -0.0959. The third kappa shape index (κ3) is 5.96. The van der Waals surface area contributed by atoms with Gasteiger partial charge in [-0.05, 0) is 44.4 Å². The first-order chi connectivity index (χ1) is 15.2. The number of unbranched alkanes of at least 4 members (excludes halogenated alkanes) is 3. The van der Waals surface area contributed by atoms with Gasteiger partial charge in [-0.1, -0.05) is 43.2 Å². The van der Waals surface area contributed by atoms with Crippen molar-refractivity contribution >= 4 is 11.0 Å².